The van der Waals surface area contributed by atoms with Gasteiger partial charge in [0.15, 0.2) is 0 Å². The topological polar surface area (TPSA) is 55.8 Å². The Morgan fingerprint density at radius 2 is 1.97 bits per heavy atom. The van der Waals surface area contributed by atoms with Gasteiger partial charge in [-0.1, -0.05) is 44.2 Å². The maximum atomic E-state index is 12.9. The molecule has 1 N–H and O–H groups in total. The fraction of sp³-hybridized carbons (Fsp3) is 0.607. The van der Waals surface area contributed by atoms with E-state index < -0.39 is 11.7 Å². The molecular weight excluding hydrogens is 457 g/mol. The van der Waals surface area contributed by atoms with Crippen LogP contribution in [0.1, 0.15) is 65.4 Å². The Kier molecular flexibility index (Phi) is 11.3. The molecule has 35 heavy (non-hydrogen) atoms. The summed E-state index contributed by atoms with van der Waals surface area (Å²) in [5.74, 6) is 0.694. The molecule has 2 rings (SSSR count). The molecule has 1 fully saturated rings. The third-order valence-electron chi connectivity index (χ3n) is 6.29. The van der Waals surface area contributed by atoms with Gasteiger partial charge in [-0.15, -0.1) is 0 Å². The number of benzene rings is 1. The monoisotopic (exact) mass is 496 g/mol. The summed E-state index contributed by atoms with van der Waals surface area (Å²) in [6.45, 7) is 8.03. The average molecular weight is 497 g/mol. The van der Waals surface area contributed by atoms with Crippen LogP contribution in [0.3, 0.4) is 0 Å². The molecule has 0 bridgehead atoms. The van der Waals surface area contributed by atoms with E-state index in [0.717, 1.165) is 37.8 Å². The lowest BCUT2D eigenvalue weighted by molar-refractivity contribution is -0.147. The van der Waals surface area contributed by atoms with Crippen LogP contribution in [0.2, 0.25) is 0 Å². The predicted octanol–water partition coefficient (Wildman–Crippen LogP) is 6.98. The molecule has 1 aliphatic rings. The summed E-state index contributed by atoms with van der Waals surface area (Å²) >= 11 is 0. The number of aliphatic hydroxyl groups is 1. The quantitative estimate of drug-likeness (QED) is 0.193. The Bertz CT molecular complexity index is 847. The molecule has 0 radical (unpaired) electrons. The van der Waals surface area contributed by atoms with Crippen molar-refractivity contribution in [3.05, 3.63) is 54.1 Å². The standard InChI is InChI=1S/C28H39F3O4/c1-19(2)35-27(33)13-8-6-5-7-12-25-24(21(4)16-26(25)32)15-14-20(3)18-34-23-11-9-10-22(17-23)28(29,30)31/h5,7,9-11,14-15,17,19-21,24-26,32H,6,8,12-13,16,18H2,1-4H3/b7-5-,15-14+/t20?,21?,24-,25?,26-/m0/s1. The molecule has 0 aromatic heterocycles. The van der Waals surface area contributed by atoms with Crippen molar-refractivity contribution in [3.63, 3.8) is 0 Å². The zero-order chi connectivity index (χ0) is 26.0. The highest BCUT2D eigenvalue weighted by Crippen LogP contribution is 2.40. The third-order valence-corrected chi connectivity index (χ3v) is 6.29. The molecule has 1 aromatic carbocycles. The molecular formula is C28H39F3O4. The van der Waals surface area contributed by atoms with Gasteiger partial charge in [0.25, 0.3) is 0 Å². The van der Waals surface area contributed by atoms with E-state index in [1.54, 1.807) is 0 Å². The Morgan fingerprint density at radius 3 is 2.66 bits per heavy atom. The van der Waals surface area contributed by atoms with Crippen molar-refractivity contribution < 1.29 is 32.5 Å². The van der Waals surface area contributed by atoms with E-state index in [1.165, 1.54) is 12.1 Å². The summed E-state index contributed by atoms with van der Waals surface area (Å²) in [7, 11) is 0. The largest absolute Gasteiger partial charge is 0.493 e. The van der Waals surface area contributed by atoms with E-state index in [9.17, 15) is 23.1 Å². The minimum absolute atomic E-state index is 0.0104. The summed E-state index contributed by atoms with van der Waals surface area (Å²) in [4.78, 5) is 11.6. The normalized spacial score (nSPS) is 23.9. The second-order valence-corrected chi connectivity index (χ2v) is 9.86. The highest BCUT2D eigenvalue weighted by molar-refractivity contribution is 5.69. The number of aliphatic hydroxyl groups excluding tert-OH is 1. The van der Waals surface area contributed by atoms with Gasteiger partial charge < -0.3 is 14.6 Å². The van der Waals surface area contributed by atoms with Crippen molar-refractivity contribution in [2.45, 2.75) is 78.2 Å². The van der Waals surface area contributed by atoms with Gasteiger partial charge in [0, 0.05) is 12.3 Å². The fourth-order valence-electron chi connectivity index (χ4n) is 4.46. The highest BCUT2D eigenvalue weighted by Gasteiger charge is 2.37. The first kappa shape index (κ1) is 29.0. The summed E-state index contributed by atoms with van der Waals surface area (Å²) in [5.41, 5.74) is -0.724. The zero-order valence-electron chi connectivity index (χ0n) is 21.1. The molecule has 0 heterocycles. The molecule has 3 unspecified atom stereocenters. The zero-order valence-corrected chi connectivity index (χ0v) is 21.1. The highest BCUT2D eigenvalue weighted by atomic mass is 19.4. The van der Waals surface area contributed by atoms with Crippen LogP contribution < -0.4 is 4.74 Å². The van der Waals surface area contributed by atoms with Crippen LogP contribution in [0.4, 0.5) is 13.2 Å². The maximum absolute atomic E-state index is 12.9. The number of esters is 1. The summed E-state index contributed by atoms with van der Waals surface area (Å²) in [5, 5.41) is 10.6. The number of unbranched alkanes of at least 4 members (excludes halogenated alkanes) is 1. The predicted molar refractivity (Wildman–Crippen MR) is 131 cm³/mol. The van der Waals surface area contributed by atoms with E-state index >= 15 is 0 Å². The first-order valence-corrected chi connectivity index (χ1v) is 12.5. The Morgan fingerprint density at radius 1 is 1.23 bits per heavy atom. The van der Waals surface area contributed by atoms with Crippen molar-refractivity contribution in [1.82, 2.24) is 0 Å². The molecule has 1 aliphatic carbocycles. The molecule has 7 heteroatoms. The van der Waals surface area contributed by atoms with Crippen LogP contribution in [0.5, 0.6) is 5.75 Å². The van der Waals surface area contributed by atoms with Gasteiger partial charge in [-0.05, 0) is 75.5 Å². The molecule has 1 saturated carbocycles. The lowest BCUT2D eigenvalue weighted by atomic mass is 9.86. The number of carbonyl (C=O) groups is 1. The SMILES string of the molecule is CC(/C=C/[C@H]1C(C)C[C@H](O)C1C/C=C\CCCC(=O)OC(C)C)COc1cccc(C(F)(F)F)c1. The third kappa shape index (κ3) is 10.1. The van der Waals surface area contributed by atoms with E-state index in [-0.39, 0.29) is 48.3 Å². The van der Waals surface area contributed by atoms with Crippen LogP contribution in [-0.4, -0.2) is 29.9 Å². The van der Waals surface area contributed by atoms with Crippen molar-refractivity contribution in [3.8, 4) is 5.75 Å². The van der Waals surface area contributed by atoms with Crippen LogP contribution >= 0.6 is 0 Å². The number of ether oxygens (including phenoxy) is 2. The Labute approximate surface area is 207 Å². The first-order valence-electron chi connectivity index (χ1n) is 12.5. The second-order valence-electron chi connectivity index (χ2n) is 9.86. The van der Waals surface area contributed by atoms with Gasteiger partial charge in [0.2, 0.25) is 0 Å². The molecule has 0 aliphatic heterocycles. The van der Waals surface area contributed by atoms with E-state index in [0.29, 0.717) is 12.3 Å². The lowest BCUT2D eigenvalue weighted by Crippen LogP contribution is -2.18. The van der Waals surface area contributed by atoms with E-state index in [1.807, 2.05) is 26.8 Å². The number of alkyl halides is 3. The van der Waals surface area contributed by atoms with Crippen molar-refractivity contribution >= 4 is 5.97 Å². The maximum Gasteiger partial charge on any atom is 0.416 e. The summed E-state index contributed by atoms with van der Waals surface area (Å²) < 4.78 is 49.3. The number of halogens is 3. The summed E-state index contributed by atoms with van der Waals surface area (Å²) in [6, 6.07) is 4.91. The lowest BCUT2D eigenvalue weighted by Gasteiger charge is -2.20. The van der Waals surface area contributed by atoms with Gasteiger partial charge in [0.1, 0.15) is 5.75 Å². The minimum Gasteiger partial charge on any atom is -0.493 e. The van der Waals surface area contributed by atoms with Crippen LogP contribution in [0, 0.1) is 23.7 Å². The minimum atomic E-state index is -4.40. The number of allylic oxidation sites excluding steroid dienone is 3. The Hall–Kier alpha value is -2.28. The molecule has 0 amide bonds. The van der Waals surface area contributed by atoms with Crippen LogP contribution in [-0.2, 0) is 15.7 Å². The number of rotatable bonds is 12. The Balaban J connectivity index is 1.82. The molecule has 5 atom stereocenters. The molecule has 0 saturated heterocycles. The van der Waals surface area contributed by atoms with Gasteiger partial charge in [-0.3, -0.25) is 4.79 Å². The fourth-order valence-corrected chi connectivity index (χ4v) is 4.46. The summed E-state index contributed by atoms with van der Waals surface area (Å²) in [6.07, 6.45) is 6.86. The van der Waals surface area contributed by atoms with Crippen molar-refractivity contribution in [2.75, 3.05) is 6.61 Å². The molecule has 0 spiro atoms. The number of carbonyl (C=O) groups excluding carboxylic acids is 1. The molecule has 196 valence electrons. The number of hydrogen-bond acceptors (Lipinski definition) is 4. The van der Waals surface area contributed by atoms with Gasteiger partial charge >= 0.3 is 12.1 Å². The smallest absolute Gasteiger partial charge is 0.416 e. The van der Waals surface area contributed by atoms with Gasteiger partial charge in [-0.25, -0.2) is 0 Å². The van der Waals surface area contributed by atoms with E-state index in [4.69, 9.17) is 9.47 Å². The molecule has 4 nitrogen and oxygen atoms in total. The molecule has 1 aromatic rings. The van der Waals surface area contributed by atoms with Crippen molar-refractivity contribution in [2.24, 2.45) is 23.7 Å². The number of hydrogen-bond donors (Lipinski definition) is 1. The van der Waals surface area contributed by atoms with Gasteiger partial charge in [-0.2, -0.15) is 13.2 Å². The van der Waals surface area contributed by atoms with E-state index in [2.05, 4.69) is 25.2 Å². The van der Waals surface area contributed by atoms with Crippen LogP contribution in [0.15, 0.2) is 48.6 Å². The van der Waals surface area contributed by atoms with Gasteiger partial charge in [0.05, 0.1) is 24.4 Å². The second kappa shape index (κ2) is 13.7. The van der Waals surface area contributed by atoms with Crippen LogP contribution in [0.25, 0.3) is 0 Å². The average Bonchev–Trinajstić information content (AvgIpc) is 3.04. The first-order chi connectivity index (χ1) is 16.5. The van der Waals surface area contributed by atoms with Crippen molar-refractivity contribution in [1.29, 1.82) is 0 Å².